The Bertz CT molecular complexity index is 734. The van der Waals surface area contributed by atoms with Gasteiger partial charge in [-0.3, -0.25) is 5.32 Å². The van der Waals surface area contributed by atoms with Crippen molar-refractivity contribution < 1.29 is 4.79 Å². The van der Waals surface area contributed by atoms with E-state index in [0.717, 1.165) is 43.1 Å². The van der Waals surface area contributed by atoms with Crippen molar-refractivity contribution in [2.75, 3.05) is 18.4 Å². The molecule has 0 spiro atoms. The number of aryl methyl sites for hydroxylation is 1. The first-order valence-corrected chi connectivity index (χ1v) is 9.08. The highest BCUT2D eigenvalue weighted by molar-refractivity contribution is 5.89. The number of aromatic nitrogens is 2. The molecule has 1 N–H and O–H groups in total. The zero-order valence-corrected chi connectivity index (χ0v) is 15.7. The van der Waals surface area contributed by atoms with Crippen molar-refractivity contribution in [3.8, 4) is 5.69 Å². The van der Waals surface area contributed by atoms with Gasteiger partial charge in [-0.15, -0.1) is 0 Å². The molecule has 1 saturated heterocycles. The minimum Gasteiger partial charge on any atom is -0.325 e. The number of nitrogens with zero attached hydrogens (tertiary/aromatic N) is 3. The molecule has 134 valence electrons. The fourth-order valence-electron chi connectivity index (χ4n) is 3.01. The molecule has 1 aromatic heterocycles. The van der Waals surface area contributed by atoms with Gasteiger partial charge in [0.25, 0.3) is 0 Å². The Kier molecular flexibility index (Phi) is 4.84. The second-order valence-corrected chi connectivity index (χ2v) is 7.89. The summed E-state index contributed by atoms with van der Waals surface area (Å²) < 4.78 is 1.84. The zero-order chi connectivity index (χ0) is 18.0. The van der Waals surface area contributed by atoms with Crippen LogP contribution in [0.3, 0.4) is 0 Å². The molecule has 0 atom stereocenters. The Morgan fingerprint density at radius 2 is 1.72 bits per heavy atom. The summed E-state index contributed by atoms with van der Waals surface area (Å²) in [4.78, 5) is 14.5. The molecule has 2 aromatic rings. The van der Waals surface area contributed by atoms with Gasteiger partial charge in [0.2, 0.25) is 0 Å². The molecule has 1 aromatic carbocycles. The fraction of sp³-hybridized carbons (Fsp3) is 0.500. The molecule has 1 aliphatic heterocycles. The van der Waals surface area contributed by atoms with Gasteiger partial charge in [0.05, 0.1) is 11.4 Å². The van der Waals surface area contributed by atoms with E-state index < -0.39 is 0 Å². The van der Waals surface area contributed by atoms with Crippen LogP contribution in [0.25, 0.3) is 5.69 Å². The van der Waals surface area contributed by atoms with Crippen molar-refractivity contribution in [3.63, 3.8) is 0 Å². The lowest BCUT2D eigenvalue weighted by Crippen LogP contribution is -2.39. The summed E-state index contributed by atoms with van der Waals surface area (Å²) in [6, 6.07) is 10.1. The lowest BCUT2D eigenvalue weighted by Gasteiger charge is -2.26. The van der Waals surface area contributed by atoms with E-state index in [1.807, 2.05) is 27.8 Å². The maximum atomic E-state index is 12.6. The van der Waals surface area contributed by atoms with Crippen molar-refractivity contribution in [3.05, 3.63) is 41.6 Å². The van der Waals surface area contributed by atoms with Crippen molar-refractivity contribution in [1.82, 2.24) is 14.7 Å². The zero-order valence-electron chi connectivity index (χ0n) is 15.7. The van der Waals surface area contributed by atoms with Crippen LogP contribution in [0.5, 0.6) is 0 Å². The summed E-state index contributed by atoms with van der Waals surface area (Å²) in [5.74, 6) is 0.726. The third-order valence-electron chi connectivity index (χ3n) is 4.63. The number of benzene rings is 1. The van der Waals surface area contributed by atoms with Gasteiger partial charge in [-0.05, 0) is 38.3 Å². The molecule has 2 amide bonds. The number of carbonyl (C=O) groups excluding carboxylic acids is 1. The van der Waals surface area contributed by atoms with Crippen LogP contribution in [0.2, 0.25) is 0 Å². The van der Waals surface area contributed by atoms with E-state index in [2.05, 4.69) is 45.1 Å². The van der Waals surface area contributed by atoms with E-state index in [9.17, 15) is 4.79 Å². The number of likely N-dealkylation sites (tertiary alicyclic amines) is 1. The molecule has 1 fully saturated rings. The molecule has 2 heterocycles. The monoisotopic (exact) mass is 340 g/mol. The standard InChI is InChI=1S/C20H28N4O/c1-15-8-10-16(11-9-15)24-18(14-17(22-24)20(2,3)4)21-19(25)23-12-6-5-7-13-23/h8-11,14H,5-7,12-13H2,1-4H3,(H,21,25). The molecule has 25 heavy (non-hydrogen) atoms. The van der Waals surface area contributed by atoms with Gasteiger partial charge in [0, 0.05) is 24.6 Å². The number of hydrogen-bond acceptors (Lipinski definition) is 2. The minimum absolute atomic E-state index is 0.0339. The molecule has 5 nitrogen and oxygen atoms in total. The van der Waals surface area contributed by atoms with Crippen LogP contribution in [0.4, 0.5) is 10.6 Å². The number of amides is 2. The highest BCUT2D eigenvalue weighted by Crippen LogP contribution is 2.26. The Balaban J connectivity index is 1.91. The van der Waals surface area contributed by atoms with Gasteiger partial charge in [-0.25, -0.2) is 9.48 Å². The normalized spacial score (nSPS) is 15.3. The third-order valence-corrected chi connectivity index (χ3v) is 4.63. The summed E-state index contributed by atoms with van der Waals surface area (Å²) in [6.45, 7) is 10.1. The predicted molar refractivity (Wildman–Crippen MR) is 101 cm³/mol. The lowest BCUT2D eigenvalue weighted by molar-refractivity contribution is 0.200. The predicted octanol–water partition coefficient (Wildman–Crippen LogP) is 4.50. The molecular formula is C20H28N4O. The average Bonchev–Trinajstić information content (AvgIpc) is 3.00. The van der Waals surface area contributed by atoms with Crippen LogP contribution in [-0.4, -0.2) is 33.8 Å². The van der Waals surface area contributed by atoms with E-state index in [0.29, 0.717) is 0 Å². The second-order valence-electron chi connectivity index (χ2n) is 7.89. The van der Waals surface area contributed by atoms with Gasteiger partial charge in [-0.1, -0.05) is 38.5 Å². The van der Waals surface area contributed by atoms with Crippen LogP contribution in [-0.2, 0) is 5.41 Å². The summed E-state index contributed by atoms with van der Waals surface area (Å²) >= 11 is 0. The van der Waals surface area contributed by atoms with E-state index in [-0.39, 0.29) is 11.4 Å². The average molecular weight is 340 g/mol. The smallest absolute Gasteiger partial charge is 0.323 e. The molecule has 0 unspecified atom stereocenters. The van der Waals surface area contributed by atoms with Crippen molar-refractivity contribution in [2.45, 2.75) is 52.4 Å². The van der Waals surface area contributed by atoms with Crippen molar-refractivity contribution in [2.24, 2.45) is 0 Å². The Hall–Kier alpha value is -2.30. The maximum Gasteiger partial charge on any atom is 0.323 e. The number of rotatable bonds is 2. The van der Waals surface area contributed by atoms with Crippen LogP contribution in [0.1, 0.15) is 51.3 Å². The number of hydrogen-bond donors (Lipinski definition) is 1. The highest BCUT2D eigenvalue weighted by Gasteiger charge is 2.23. The molecule has 0 saturated carbocycles. The molecule has 0 radical (unpaired) electrons. The first kappa shape index (κ1) is 17.5. The molecule has 0 bridgehead atoms. The Morgan fingerprint density at radius 1 is 1.08 bits per heavy atom. The summed E-state index contributed by atoms with van der Waals surface area (Å²) in [7, 11) is 0. The summed E-state index contributed by atoms with van der Waals surface area (Å²) in [5, 5.41) is 7.84. The SMILES string of the molecule is Cc1ccc(-n2nc(C(C)(C)C)cc2NC(=O)N2CCCCC2)cc1. The highest BCUT2D eigenvalue weighted by atomic mass is 16.2. The number of urea groups is 1. The fourth-order valence-corrected chi connectivity index (χ4v) is 3.01. The molecule has 0 aliphatic carbocycles. The van der Waals surface area contributed by atoms with Crippen LogP contribution < -0.4 is 5.32 Å². The molecular weight excluding hydrogens is 312 g/mol. The van der Waals surface area contributed by atoms with Crippen molar-refractivity contribution >= 4 is 11.8 Å². The van der Waals surface area contributed by atoms with E-state index in [1.54, 1.807) is 0 Å². The summed E-state index contributed by atoms with van der Waals surface area (Å²) in [6.07, 6.45) is 3.37. The van der Waals surface area contributed by atoms with Crippen LogP contribution >= 0.6 is 0 Å². The molecule has 1 aliphatic rings. The van der Waals surface area contributed by atoms with Gasteiger partial charge in [-0.2, -0.15) is 5.10 Å². The van der Waals surface area contributed by atoms with Gasteiger partial charge >= 0.3 is 6.03 Å². The van der Waals surface area contributed by atoms with Crippen molar-refractivity contribution in [1.29, 1.82) is 0 Å². The summed E-state index contributed by atoms with van der Waals surface area (Å²) in [5.41, 5.74) is 3.03. The number of piperidine rings is 1. The lowest BCUT2D eigenvalue weighted by atomic mass is 9.92. The maximum absolute atomic E-state index is 12.6. The minimum atomic E-state index is -0.0828. The van der Waals surface area contributed by atoms with E-state index in [4.69, 9.17) is 5.10 Å². The van der Waals surface area contributed by atoms with E-state index in [1.165, 1.54) is 12.0 Å². The number of carbonyl (C=O) groups is 1. The first-order chi connectivity index (χ1) is 11.8. The van der Waals surface area contributed by atoms with Gasteiger partial charge in [0.1, 0.15) is 5.82 Å². The first-order valence-electron chi connectivity index (χ1n) is 9.08. The van der Waals surface area contributed by atoms with Crippen LogP contribution in [0, 0.1) is 6.92 Å². The quantitative estimate of drug-likeness (QED) is 0.875. The Morgan fingerprint density at radius 3 is 2.32 bits per heavy atom. The van der Waals surface area contributed by atoms with Gasteiger partial charge in [0.15, 0.2) is 0 Å². The third kappa shape index (κ3) is 4.03. The number of nitrogens with one attached hydrogen (secondary N) is 1. The largest absolute Gasteiger partial charge is 0.325 e. The number of anilines is 1. The van der Waals surface area contributed by atoms with Crippen LogP contribution in [0.15, 0.2) is 30.3 Å². The second kappa shape index (κ2) is 6.90. The topological polar surface area (TPSA) is 50.2 Å². The van der Waals surface area contributed by atoms with E-state index >= 15 is 0 Å². The Labute approximate surface area is 150 Å². The van der Waals surface area contributed by atoms with Gasteiger partial charge < -0.3 is 4.90 Å². The molecule has 5 heteroatoms. The molecule has 3 rings (SSSR count).